The number of piperidine rings is 1. The third-order valence-corrected chi connectivity index (χ3v) is 6.45. The Morgan fingerprint density at radius 1 is 1.11 bits per heavy atom. The summed E-state index contributed by atoms with van der Waals surface area (Å²) in [7, 11) is -3.00. The molecule has 4 nitrogen and oxygen atoms in total. The van der Waals surface area contributed by atoms with Gasteiger partial charge in [0.1, 0.15) is 0 Å². The second-order valence-corrected chi connectivity index (χ2v) is 8.19. The first-order valence-corrected chi connectivity index (χ1v) is 9.41. The van der Waals surface area contributed by atoms with Crippen molar-refractivity contribution in [3.63, 3.8) is 0 Å². The molecule has 0 bridgehead atoms. The van der Waals surface area contributed by atoms with Crippen LogP contribution in [-0.2, 0) is 10.0 Å². The van der Waals surface area contributed by atoms with Gasteiger partial charge in [-0.25, -0.2) is 12.7 Å². The van der Waals surface area contributed by atoms with Crippen LogP contribution in [0.15, 0.2) is 0 Å². The van der Waals surface area contributed by atoms with Crippen molar-refractivity contribution in [3.05, 3.63) is 0 Å². The highest BCUT2D eigenvalue weighted by molar-refractivity contribution is 7.89. The van der Waals surface area contributed by atoms with Crippen molar-refractivity contribution < 1.29 is 8.42 Å². The molecule has 2 saturated heterocycles. The smallest absolute Gasteiger partial charge is 0.214 e. The molecule has 0 saturated carbocycles. The first kappa shape index (κ1) is 15.3. The number of nitrogens with zero attached hydrogens (tertiary/aromatic N) is 1. The van der Waals surface area contributed by atoms with Crippen molar-refractivity contribution in [2.75, 3.05) is 31.9 Å². The van der Waals surface area contributed by atoms with E-state index in [4.69, 9.17) is 0 Å². The second-order valence-electron chi connectivity index (χ2n) is 6.10. The van der Waals surface area contributed by atoms with Crippen molar-refractivity contribution >= 4 is 10.0 Å². The van der Waals surface area contributed by atoms with Crippen LogP contribution in [0.1, 0.15) is 45.4 Å². The van der Waals surface area contributed by atoms with Gasteiger partial charge in [-0.15, -0.1) is 0 Å². The normalized spacial score (nSPS) is 26.9. The van der Waals surface area contributed by atoms with Crippen LogP contribution >= 0.6 is 0 Å². The van der Waals surface area contributed by atoms with E-state index in [1.807, 2.05) is 0 Å². The van der Waals surface area contributed by atoms with Crippen LogP contribution < -0.4 is 5.32 Å². The Hall–Kier alpha value is -0.130. The van der Waals surface area contributed by atoms with Crippen LogP contribution in [0.2, 0.25) is 0 Å². The highest BCUT2D eigenvalue weighted by atomic mass is 32.2. The summed E-state index contributed by atoms with van der Waals surface area (Å²) in [6.07, 6.45) is 6.50. The average Bonchev–Trinajstić information content (AvgIpc) is 2.88. The molecule has 19 heavy (non-hydrogen) atoms. The molecule has 1 unspecified atom stereocenters. The van der Waals surface area contributed by atoms with Gasteiger partial charge in [-0.3, -0.25) is 0 Å². The zero-order valence-corrected chi connectivity index (χ0v) is 12.9. The Bertz CT molecular complexity index is 364. The minimum absolute atomic E-state index is 0.358. The summed E-state index contributed by atoms with van der Waals surface area (Å²) in [5, 5.41) is 3.33. The van der Waals surface area contributed by atoms with Gasteiger partial charge in [-0.1, -0.05) is 13.3 Å². The summed E-state index contributed by atoms with van der Waals surface area (Å²) in [6, 6.07) is 0. The van der Waals surface area contributed by atoms with Gasteiger partial charge in [-0.2, -0.15) is 0 Å². The van der Waals surface area contributed by atoms with Crippen LogP contribution in [0.25, 0.3) is 0 Å². The van der Waals surface area contributed by atoms with Gasteiger partial charge in [0, 0.05) is 13.1 Å². The molecule has 0 spiro atoms. The quantitative estimate of drug-likeness (QED) is 0.811. The zero-order valence-electron chi connectivity index (χ0n) is 12.1. The van der Waals surface area contributed by atoms with Gasteiger partial charge in [0.25, 0.3) is 0 Å². The summed E-state index contributed by atoms with van der Waals surface area (Å²) < 4.78 is 26.4. The molecule has 112 valence electrons. The van der Waals surface area contributed by atoms with E-state index in [-0.39, 0.29) is 0 Å². The Morgan fingerprint density at radius 2 is 1.84 bits per heavy atom. The van der Waals surface area contributed by atoms with E-state index < -0.39 is 10.0 Å². The number of sulfonamides is 1. The fourth-order valence-corrected chi connectivity index (χ4v) is 5.02. The van der Waals surface area contributed by atoms with Crippen molar-refractivity contribution in [3.8, 4) is 0 Å². The summed E-state index contributed by atoms with van der Waals surface area (Å²) in [5.74, 6) is 1.56. The molecule has 0 radical (unpaired) electrons. The molecule has 2 aliphatic heterocycles. The average molecular weight is 288 g/mol. The fraction of sp³-hybridized carbons (Fsp3) is 1.00. The molecule has 2 aliphatic rings. The molecule has 0 amide bonds. The molecule has 0 aromatic carbocycles. The topological polar surface area (TPSA) is 49.4 Å². The van der Waals surface area contributed by atoms with Gasteiger partial charge in [0.15, 0.2) is 0 Å². The van der Waals surface area contributed by atoms with E-state index >= 15 is 0 Å². The molecule has 2 heterocycles. The monoisotopic (exact) mass is 288 g/mol. The summed E-state index contributed by atoms with van der Waals surface area (Å²) in [6.45, 7) is 5.79. The van der Waals surface area contributed by atoms with Crippen molar-refractivity contribution in [1.82, 2.24) is 9.62 Å². The van der Waals surface area contributed by atoms with Gasteiger partial charge in [0.2, 0.25) is 10.0 Å². The van der Waals surface area contributed by atoms with Gasteiger partial charge >= 0.3 is 0 Å². The lowest BCUT2D eigenvalue weighted by Crippen LogP contribution is -2.33. The minimum Gasteiger partial charge on any atom is -0.317 e. The predicted octanol–water partition coefficient (Wildman–Crippen LogP) is 1.83. The third-order valence-electron chi connectivity index (χ3n) is 4.58. The lowest BCUT2D eigenvalue weighted by atomic mass is 9.96. The van der Waals surface area contributed by atoms with E-state index in [0.29, 0.717) is 17.6 Å². The highest BCUT2D eigenvalue weighted by Crippen LogP contribution is 2.25. The van der Waals surface area contributed by atoms with E-state index in [2.05, 4.69) is 12.2 Å². The Morgan fingerprint density at radius 3 is 2.53 bits per heavy atom. The maximum Gasteiger partial charge on any atom is 0.214 e. The maximum atomic E-state index is 12.3. The zero-order chi connectivity index (χ0) is 13.7. The molecule has 1 N–H and O–H groups in total. The number of rotatable bonds is 6. The second kappa shape index (κ2) is 7.04. The van der Waals surface area contributed by atoms with E-state index in [1.165, 1.54) is 6.42 Å². The summed E-state index contributed by atoms with van der Waals surface area (Å²) in [5.41, 5.74) is 0. The minimum atomic E-state index is -3.00. The van der Waals surface area contributed by atoms with Crippen LogP contribution in [0.5, 0.6) is 0 Å². The number of hydrogen-bond acceptors (Lipinski definition) is 3. The Kier molecular flexibility index (Phi) is 5.66. The van der Waals surface area contributed by atoms with Crippen molar-refractivity contribution in [1.29, 1.82) is 0 Å². The fourth-order valence-electron chi connectivity index (χ4n) is 3.31. The largest absolute Gasteiger partial charge is 0.317 e. The third kappa shape index (κ3) is 4.43. The summed E-state index contributed by atoms with van der Waals surface area (Å²) in [4.78, 5) is 0. The first-order chi connectivity index (χ1) is 9.12. The molecule has 5 heteroatoms. The van der Waals surface area contributed by atoms with E-state index in [0.717, 1.165) is 58.3 Å². The molecule has 0 aromatic rings. The van der Waals surface area contributed by atoms with Gasteiger partial charge in [0.05, 0.1) is 5.75 Å². The molecular weight excluding hydrogens is 260 g/mol. The lowest BCUT2D eigenvalue weighted by Gasteiger charge is -2.23. The van der Waals surface area contributed by atoms with Crippen LogP contribution in [-0.4, -0.2) is 44.7 Å². The molecular formula is C14H28N2O2S. The van der Waals surface area contributed by atoms with Gasteiger partial charge < -0.3 is 5.32 Å². The maximum absolute atomic E-state index is 12.3. The standard InChI is InChI=1S/C14H28N2O2S/c1-2-3-14-6-10-16(12-14)19(17,18)11-7-13-4-8-15-9-5-13/h13-15H,2-12H2,1H3. The Labute approximate surface area is 118 Å². The van der Waals surface area contributed by atoms with E-state index in [9.17, 15) is 8.42 Å². The predicted molar refractivity (Wildman–Crippen MR) is 78.6 cm³/mol. The van der Waals surface area contributed by atoms with Crippen molar-refractivity contribution in [2.24, 2.45) is 11.8 Å². The van der Waals surface area contributed by atoms with Gasteiger partial charge in [-0.05, 0) is 57.0 Å². The molecule has 0 aliphatic carbocycles. The molecule has 1 atom stereocenters. The number of nitrogens with one attached hydrogen (secondary N) is 1. The van der Waals surface area contributed by atoms with Crippen molar-refractivity contribution in [2.45, 2.75) is 45.4 Å². The van der Waals surface area contributed by atoms with Crippen LogP contribution in [0, 0.1) is 11.8 Å². The molecule has 2 rings (SSSR count). The highest BCUT2D eigenvalue weighted by Gasteiger charge is 2.31. The first-order valence-electron chi connectivity index (χ1n) is 7.80. The Balaban J connectivity index is 1.78. The lowest BCUT2D eigenvalue weighted by molar-refractivity contribution is 0.361. The number of hydrogen-bond donors (Lipinski definition) is 1. The van der Waals surface area contributed by atoms with Crippen LogP contribution in [0.3, 0.4) is 0 Å². The molecule has 2 fully saturated rings. The SMILES string of the molecule is CCCC1CCN(S(=O)(=O)CCC2CCNCC2)C1. The van der Waals surface area contributed by atoms with Crippen LogP contribution in [0.4, 0.5) is 0 Å². The van der Waals surface area contributed by atoms with E-state index in [1.54, 1.807) is 4.31 Å². The molecule has 0 aromatic heterocycles. The summed E-state index contributed by atoms with van der Waals surface area (Å²) >= 11 is 0.